The van der Waals surface area contributed by atoms with Crippen LogP contribution in [-0.2, 0) is 0 Å². The zero-order chi connectivity index (χ0) is 22.0. The van der Waals surface area contributed by atoms with Crippen molar-refractivity contribution in [3.63, 3.8) is 0 Å². The molecular formula is C25H19ClO5. The van der Waals surface area contributed by atoms with Crippen LogP contribution in [0.1, 0.15) is 31.8 Å². The molecule has 0 saturated heterocycles. The summed E-state index contributed by atoms with van der Waals surface area (Å²) in [7, 11) is 1.57. The van der Waals surface area contributed by atoms with E-state index in [9.17, 15) is 9.59 Å². The van der Waals surface area contributed by atoms with Crippen LogP contribution >= 0.6 is 11.6 Å². The molecule has 0 aromatic heterocycles. The van der Waals surface area contributed by atoms with Crippen molar-refractivity contribution >= 4 is 29.2 Å². The zero-order valence-corrected chi connectivity index (χ0v) is 17.7. The summed E-state index contributed by atoms with van der Waals surface area (Å²) in [5, 5.41) is 0.561. The summed E-state index contributed by atoms with van der Waals surface area (Å²) in [6, 6.07) is 17.3. The summed E-state index contributed by atoms with van der Waals surface area (Å²) in [6.45, 7) is 1.65. The van der Waals surface area contributed by atoms with Crippen molar-refractivity contribution < 1.29 is 23.8 Å². The number of para-hydroxylation sites is 1. The van der Waals surface area contributed by atoms with Gasteiger partial charge in [-0.15, -0.1) is 0 Å². The third-order valence-electron chi connectivity index (χ3n) is 4.99. The number of ether oxygens (including phenoxy) is 3. The van der Waals surface area contributed by atoms with Gasteiger partial charge in [-0.3, -0.25) is 9.59 Å². The molecule has 0 saturated carbocycles. The number of carbonyl (C=O) groups is 2. The van der Waals surface area contributed by atoms with E-state index in [-0.39, 0.29) is 23.9 Å². The summed E-state index contributed by atoms with van der Waals surface area (Å²) < 4.78 is 16.9. The van der Waals surface area contributed by atoms with Gasteiger partial charge in [0.05, 0.1) is 12.7 Å². The van der Waals surface area contributed by atoms with Crippen LogP contribution < -0.4 is 14.2 Å². The SMILES string of the molecule is COc1ccccc1/C=C1\Oc2c(ccc(OCC(=O)c3ccc(Cl)cc3)c2C)C1=O. The van der Waals surface area contributed by atoms with Crippen molar-refractivity contribution in [2.75, 3.05) is 13.7 Å². The lowest BCUT2D eigenvalue weighted by molar-refractivity contribution is 0.0920. The molecule has 6 heteroatoms. The molecule has 3 aromatic rings. The van der Waals surface area contributed by atoms with Crippen molar-refractivity contribution in [3.8, 4) is 17.2 Å². The Morgan fingerprint density at radius 2 is 1.77 bits per heavy atom. The number of methoxy groups -OCH3 is 1. The predicted octanol–water partition coefficient (Wildman–Crippen LogP) is 5.53. The maximum absolute atomic E-state index is 12.8. The minimum atomic E-state index is -0.215. The second-order valence-electron chi connectivity index (χ2n) is 6.97. The lowest BCUT2D eigenvalue weighted by Gasteiger charge is -2.11. The normalized spacial score (nSPS) is 13.6. The highest BCUT2D eigenvalue weighted by atomic mass is 35.5. The van der Waals surface area contributed by atoms with Gasteiger partial charge in [0.15, 0.2) is 18.1 Å². The van der Waals surface area contributed by atoms with Gasteiger partial charge in [-0.25, -0.2) is 0 Å². The predicted molar refractivity (Wildman–Crippen MR) is 118 cm³/mol. The lowest BCUT2D eigenvalue weighted by Crippen LogP contribution is -2.12. The number of ketones is 2. The van der Waals surface area contributed by atoms with Gasteiger partial charge < -0.3 is 14.2 Å². The molecular weight excluding hydrogens is 416 g/mol. The molecule has 0 N–H and O–H groups in total. The first-order valence-corrected chi connectivity index (χ1v) is 9.98. The minimum Gasteiger partial charge on any atom is -0.496 e. The molecule has 0 bridgehead atoms. The Labute approximate surface area is 184 Å². The first-order chi connectivity index (χ1) is 15.0. The van der Waals surface area contributed by atoms with Gasteiger partial charge in [0.25, 0.3) is 0 Å². The standard InChI is InChI=1S/C25H19ClO5/c1-15-21(30-14-20(27)16-7-9-18(26)10-8-16)12-11-19-24(28)23(31-25(15)19)13-17-5-3-4-6-22(17)29-2/h3-13H,14H2,1-2H3/b23-13-. The Morgan fingerprint density at radius 1 is 1.03 bits per heavy atom. The van der Waals surface area contributed by atoms with E-state index in [1.165, 1.54) is 0 Å². The number of fused-ring (bicyclic) bond motifs is 1. The van der Waals surface area contributed by atoms with E-state index in [2.05, 4.69) is 0 Å². The number of carbonyl (C=O) groups excluding carboxylic acids is 2. The van der Waals surface area contributed by atoms with Crippen molar-refractivity contribution in [3.05, 3.63) is 93.7 Å². The summed E-state index contributed by atoms with van der Waals surface area (Å²) in [5.74, 6) is 1.37. The largest absolute Gasteiger partial charge is 0.496 e. The third-order valence-corrected chi connectivity index (χ3v) is 5.24. The van der Waals surface area contributed by atoms with E-state index >= 15 is 0 Å². The summed E-state index contributed by atoms with van der Waals surface area (Å²) >= 11 is 5.86. The fourth-order valence-corrected chi connectivity index (χ4v) is 3.44. The van der Waals surface area contributed by atoms with Gasteiger partial charge in [-0.05, 0) is 55.5 Å². The Hall–Kier alpha value is -3.57. The fourth-order valence-electron chi connectivity index (χ4n) is 3.31. The number of benzene rings is 3. The molecule has 5 nitrogen and oxygen atoms in total. The molecule has 1 aliphatic heterocycles. The van der Waals surface area contributed by atoms with Gasteiger partial charge in [0.2, 0.25) is 5.78 Å². The van der Waals surface area contributed by atoms with Gasteiger partial charge in [-0.2, -0.15) is 0 Å². The molecule has 31 heavy (non-hydrogen) atoms. The molecule has 0 fully saturated rings. The molecule has 0 aliphatic carbocycles. The van der Waals surface area contributed by atoms with E-state index in [1.807, 2.05) is 24.3 Å². The second kappa shape index (κ2) is 8.66. The number of allylic oxidation sites excluding steroid dienone is 1. The van der Waals surface area contributed by atoms with Gasteiger partial charge >= 0.3 is 0 Å². The van der Waals surface area contributed by atoms with E-state index in [1.54, 1.807) is 56.5 Å². The lowest BCUT2D eigenvalue weighted by atomic mass is 10.1. The molecule has 0 atom stereocenters. The number of hydrogen-bond acceptors (Lipinski definition) is 5. The zero-order valence-electron chi connectivity index (χ0n) is 17.0. The number of hydrogen-bond donors (Lipinski definition) is 0. The molecule has 1 aliphatic rings. The van der Waals surface area contributed by atoms with Crippen molar-refractivity contribution in [2.45, 2.75) is 6.92 Å². The van der Waals surface area contributed by atoms with E-state index in [0.29, 0.717) is 39.0 Å². The first kappa shape index (κ1) is 20.7. The van der Waals surface area contributed by atoms with Crippen molar-refractivity contribution in [1.82, 2.24) is 0 Å². The van der Waals surface area contributed by atoms with Gasteiger partial charge in [0.1, 0.15) is 17.2 Å². The average Bonchev–Trinajstić information content (AvgIpc) is 3.10. The monoisotopic (exact) mass is 434 g/mol. The maximum Gasteiger partial charge on any atom is 0.231 e. The second-order valence-corrected chi connectivity index (χ2v) is 7.40. The van der Waals surface area contributed by atoms with Crippen LogP contribution in [0.25, 0.3) is 6.08 Å². The Morgan fingerprint density at radius 3 is 2.52 bits per heavy atom. The number of Topliss-reactive ketones (excluding diaryl/α,β-unsaturated/α-hetero) is 2. The quantitative estimate of drug-likeness (QED) is 0.377. The molecule has 4 rings (SSSR count). The smallest absolute Gasteiger partial charge is 0.231 e. The summed E-state index contributed by atoms with van der Waals surface area (Å²) in [4.78, 5) is 25.2. The number of halogens is 1. The van der Waals surface area contributed by atoms with E-state index in [4.69, 9.17) is 25.8 Å². The van der Waals surface area contributed by atoms with Gasteiger partial charge in [0, 0.05) is 21.7 Å². The van der Waals surface area contributed by atoms with Crippen LogP contribution in [0.2, 0.25) is 5.02 Å². The highest BCUT2D eigenvalue weighted by Crippen LogP contribution is 2.39. The average molecular weight is 435 g/mol. The van der Waals surface area contributed by atoms with E-state index < -0.39 is 0 Å². The van der Waals surface area contributed by atoms with Crippen LogP contribution in [0.3, 0.4) is 0 Å². The molecule has 0 radical (unpaired) electrons. The van der Waals surface area contributed by atoms with Crippen LogP contribution in [-0.4, -0.2) is 25.3 Å². The van der Waals surface area contributed by atoms with Crippen LogP contribution in [0.4, 0.5) is 0 Å². The Balaban J connectivity index is 1.54. The van der Waals surface area contributed by atoms with Gasteiger partial charge in [-0.1, -0.05) is 29.8 Å². The maximum atomic E-state index is 12.8. The Bertz CT molecular complexity index is 1200. The molecule has 0 spiro atoms. The third kappa shape index (κ3) is 4.18. The Kier molecular flexibility index (Phi) is 5.78. The van der Waals surface area contributed by atoms with Crippen molar-refractivity contribution in [2.24, 2.45) is 0 Å². The molecule has 0 amide bonds. The minimum absolute atomic E-state index is 0.140. The molecule has 1 heterocycles. The van der Waals surface area contributed by atoms with Crippen LogP contribution in [0.5, 0.6) is 17.2 Å². The van der Waals surface area contributed by atoms with Crippen molar-refractivity contribution in [1.29, 1.82) is 0 Å². The molecule has 0 unspecified atom stereocenters. The highest BCUT2D eigenvalue weighted by molar-refractivity contribution is 6.30. The first-order valence-electron chi connectivity index (χ1n) is 9.60. The van der Waals surface area contributed by atoms with Crippen LogP contribution in [0.15, 0.2) is 66.4 Å². The molecule has 3 aromatic carbocycles. The fraction of sp³-hybridized carbons (Fsp3) is 0.120. The van der Waals surface area contributed by atoms with E-state index in [0.717, 1.165) is 5.56 Å². The molecule has 156 valence electrons. The summed E-state index contributed by atoms with van der Waals surface area (Å²) in [5.41, 5.74) is 2.36. The number of rotatable bonds is 6. The summed E-state index contributed by atoms with van der Waals surface area (Å²) in [6.07, 6.45) is 1.66. The van der Waals surface area contributed by atoms with Crippen LogP contribution in [0, 0.1) is 6.92 Å². The highest BCUT2D eigenvalue weighted by Gasteiger charge is 2.30. The topological polar surface area (TPSA) is 61.8 Å².